The molecule has 18 nitrogen and oxygen atoms in total. The second-order valence-corrected chi connectivity index (χ2v) is 13.3. The molecule has 3 aromatic carbocycles. The summed E-state index contributed by atoms with van der Waals surface area (Å²) in [6.07, 6.45) is 0. The number of hydrogen-bond donors (Lipinski definition) is 6. The number of pyridine rings is 1. The molecule has 6 N–H and O–H groups in total. The number of halogens is 2. The normalized spacial score (nSPS) is 11.4. The molecule has 6 aromatic rings. The van der Waals surface area contributed by atoms with Gasteiger partial charge in [0.05, 0.1) is 0 Å². The second-order valence-electron chi connectivity index (χ2n) is 11.3. The number of hydrogen-bond acceptors (Lipinski definition) is 16. The number of rotatable bonds is 12. The van der Waals surface area contributed by atoms with Crippen LogP contribution < -0.4 is 26.8 Å². The molecule has 54 heavy (non-hydrogen) atoms. The quantitative estimate of drug-likeness (QED) is 0.0519. The summed E-state index contributed by atoms with van der Waals surface area (Å²) < 4.78 is 35.4. The largest absolute Gasteiger partial charge is 0.494 e. The molecule has 21 heteroatoms. The topological polar surface area (TPSA) is 247 Å². The predicted octanol–water partition coefficient (Wildman–Crippen LogP) is 7.50. The molecule has 3 heterocycles. The van der Waals surface area contributed by atoms with Crippen molar-refractivity contribution >= 4 is 91.2 Å². The van der Waals surface area contributed by atoms with Crippen molar-refractivity contribution in [2.75, 3.05) is 21.3 Å². The van der Waals surface area contributed by atoms with E-state index in [-0.39, 0.29) is 63.8 Å². The first-order valence-electron chi connectivity index (χ1n) is 15.8. The van der Waals surface area contributed by atoms with Gasteiger partial charge in [-0.15, -0.1) is 10.2 Å². The molecule has 0 aliphatic heterocycles. The van der Waals surface area contributed by atoms with Gasteiger partial charge in [0.2, 0.25) is 34.4 Å². The molecule has 0 spiro atoms. The summed E-state index contributed by atoms with van der Waals surface area (Å²) in [4.78, 5) is 37.7. The summed E-state index contributed by atoms with van der Waals surface area (Å²) in [5, 5.41) is 30.3. The lowest BCUT2D eigenvalue weighted by Crippen LogP contribution is -2.20. The third-order valence-corrected chi connectivity index (χ3v) is 8.88. The lowest BCUT2D eigenvalue weighted by atomic mass is 10.1. The number of aromatic nitrogens is 7. The third kappa shape index (κ3) is 8.84. The minimum absolute atomic E-state index is 0.0216. The van der Waals surface area contributed by atoms with E-state index in [0.29, 0.717) is 22.5 Å². The first kappa shape index (κ1) is 37.5. The average Bonchev–Trinajstić information content (AvgIpc) is 3.10. The summed E-state index contributed by atoms with van der Waals surface area (Å²) in [5.41, 5.74) is 1.79. The van der Waals surface area contributed by atoms with Gasteiger partial charge in [0, 0.05) is 34.9 Å². The molecule has 3 aromatic heterocycles. The zero-order chi connectivity index (χ0) is 38.6. The Hall–Kier alpha value is -6.28. The fourth-order valence-electron chi connectivity index (χ4n) is 4.97. The van der Waals surface area contributed by atoms with Gasteiger partial charge in [-0.2, -0.15) is 38.3 Å². The van der Waals surface area contributed by atoms with Gasteiger partial charge >= 0.3 is 0 Å². The van der Waals surface area contributed by atoms with E-state index in [9.17, 15) is 22.9 Å². The van der Waals surface area contributed by atoms with Crippen molar-refractivity contribution in [3.63, 3.8) is 0 Å². The molecule has 0 saturated heterocycles. The summed E-state index contributed by atoms with van der Waals surface area (Å²) in [6, 6.07) is 20.0. The Bertz CT molecular complexity index is 2580. The summed E-state index contributed by atoms with van der Waals surface area (Å²) in [5.74, 6) is 0.222. The summed E-state index contributed by atoms with van der Waals surface area (Å²) >= 11 is 12.4. The Morgan fingerprint density at radius 2 is 1.19 bits per heavy atom. The number of aromatic hydroxyl groups is 1. The van der Waals surface area contributed by atoms with E-state index in [4.69, 9.17) is 23.2 Å². The fourth-order valence-corrected chi connectivity index (χ4v) is 5.90. The van der Waals surface area contributed by atoms with E-state index in [2.05, 4.69) is 61.4 Å². The molecule has 6 rings (SSSR count). The van der Waals surface area contributed by atoms with Crippen LogP contribution in [-0.4, -0.2) is 52.5 Å². The second kappa shape index (κ2) is 15.8. The predicted molar refractivity (Wildman–Crippen MR) is 204 cm³/mol. The Morgan fingerprint density at radius 3 is 1.70 bits per heavy atom. The molecule has 0 amide bonds. The highest BCUT2D eigenvalue weighted by atomic mass is 35.5. The number of nitrogens with zero attached hydrogens (tertiary/aromatic N) is 9. The highest BCUT2D eigenvalue weighted by Crippen LogP contribution is 2.32. The highest BCUT2D eigenvalue weighted by Gasteiger charge is 2.19. The van der Waals surface area contributed by atoms with Gasteiger partial charge in [-0.05, 0) is 98.1 Å². The van der Waals surface area contributed by atoms with Crippen LogP contribution in [0.4, 0.5) is 57.9 Å². The number of benzene rings is 3. The Balaban J connectivity index is 1.23. The monoisotopic (exact) mass is 789 g/mol. The third-order valence-electron chi connectivity index (χ3n) is 7.64. The van der Waals surface area contributed by atoms with Gasteiger partial charge in [0.25, 0.3) is 15.7 Å². The molecule has 276 valence electrons. The first-order valence-corrected chi connectivity index (χ1v) is 18.0. The van der Waals surface area contributed by atoms with Crippen molar-refractivity contribution in [3.8, 4) is 5.88 Å². The van der Waals surface area contributed by atoms with Gasteiger partial charge in [0.15, 0.2) is 11.6 Å². The number of nitrogens with one attached hydrogen (secondary N) is 4. The molecule has 0 fully saturated rings. The van der Waals surface area contributed by atoms with Gasteiger partial charge in [0.1, 0.15) is 10.6 Å². The van der Waals surface area contributed by atoms with E-state index in [1.54, 1.807) is 45.0 Å². The lowest BCUT2D eigenvalue weighted by molar-refractivity contribution is 0.406. The zero-order valence-corrected chi connectivity index (χ0v) is 30.8. The standard InChI is InChI=1S/C33H29Cl2N13O5S/c1-4-48-26(49)18(3)17(2)25(27(48)50)47-46-23-16-22(13-14-24(23)54(51,52)53)39-33-43-29(35)42-32(45-33)38-21-12-8-11-20(15-21)37-31-41-28(34)40-30(44-31)36-19-9-6-5-7-10-19/h5-16,49H,4H2,1-3H3,(H,51,52,53)(H2,36,37,40,41,44)(H2,38,39,42,43,45). The zero-order valence-electron chi connectivity index (χ0n) is 28.4. The Kier molecular flexibility index (Phi) is 10.9. The van der Waals surface area contributed by atoms with Crippen LogP contribution in [0, 0.1) is 13.8 Å². The molecule has 0 saturated carbocycles. The van der Waals surface area contributed by atoms with Crippen LogP contribution in [0.15, 0.2) is 92.7 Å². The summed E-state index contributed by atoms with van der Waals surface area (Å²) in [7, 11) is -4.77. The van der Waals surface area contributed by atoms with Gasteiger partial charge in [-0.25, -0.2) is 0 Å². The molecular weight excluding hydrogens is 761 g/mol. The highest BCUT2D eigenvalue weighted by molar-refractivity contribution is 7.86. The van der Waals surface area contributed by atoms with Gasteiger partial charge in [-0.3, -0.25) is 13.9 Å². The molecule has 0 aliphatic rings. The van der Waals surface area contributed by atoms with Crippen LogP contribution in [-0.2, 0) is 16.7 Å². The molecule has 0 aliphatic carbocycles. The maximum atomic E-state index is 13.0. The van der Waals surface area contributed by atoms with E-state index < -0.39 is 20.6 Å². The van der Waals surface area contributed by atoms with E-state index in [1.165, 1.54) is 12.1 Å². The Morgan fingerprint density at radius 1 is 0.685 bits per heavy atom. The van der Waals surface area contributed by atoms with E-state index in [0.717, 1.165) is 16.3 Å². The first-order chi connectivity index (χ1) is 25.8. The van der Waals surface area contributed by atoms with Gasteiger partial charge < -0.3 is 26.4 Å². The van der Waals surface area contributed by atoms with Crippen molar-refractivity contribution in [2.24, 2.45) is 10.2 Å². The molecule has 0 atom stereocenters. The average molecular weight is 791 g/mol. The molecular formula is C33H29Cl2N13O5S. The number of anilines is 8. The van der Waals surface area contributed by atoms with E-state index >= 15 is 0 Å². The van der Waals surface area contributed by atoms with Crippen LogP contribution in [0.1, 0.15) is 18.1 Å². The van der Waals surface area contributed by atoms with Crippen LogP contribution in [0.2, 0.25) is 10.6 Å². The summed E-state index contributed by atoms with van der Waals surface area (Å²) in [6.45, 7) is 5.00. The van der Waals surface area contributed by atoms with E-state index in [1.807, 2.05) is 30.3 Å². The minimum Gasteiger partial charge on any atom is -0.494 e. The van der Waals surface area contributed by atoms with Crippen molar-refractivity contribution in [3.05, 3.63) is 105 Å². The Labute approximate surface area is 317 Å². The lowest BCUT2D eigenvalue weighted by Gasteiger charge is -2.12. The maximum Gasteiger partial charge on any atom is 0.296 e. The SMILES string of the molecule is CCn1c(O)c(C)c(C)c(N=Nc2cc(Nc3nc(Cl)nc(Nc4cccc(Nc5nc(Cl)nc(Nc6ccccc6)n5)c4)n3)ccc2S(=O)(=O)O)c1=O. The van der Waals surface area contributed by atoms with Gasteiger partial charge in [-0.1, -0.05) is 24.3 Å². The van der Waals surface area contributed by atoms with Crippen LogP contribution >= 0.6 is 23.2 Å². The van der Waals surface area contributed by atoms with Crippen LogP contribution in [0.3, 0.4) is 0 Å². The smallest absolute Gasteiger partial charge is 0.296 e. The van der Waals surface area contributed by atoms with Crippen molar-refractivity contribution in [2.45, 2.75) is 32.2 Å². The minimum atomic E-state index is -4.77. The van der Waals surface area contributed by atoms with Crippen LogP contribution in [0.5, 0.6) is 5.88 Å². The van der Waals surface area contributed by atoms with Crippen LogP contribution in [0.25, 0.3) is 0 Å². The number of azo groups is 1. The fraction of sp³-hybridized carbons (Fsp3) is 0.121. The molecule has 0 bridgehead atoms. The van der Waals surface area contributed by atoms with Crippen molar-refractivity contribution in [1.29, 1.82) is 0 Å². The van der Waals surface area contributed by atoms with Crippen molar-refractivity contribution in [1.82, 2.24) is 34.5 Å². The maximum absolute atomic E-state index is 13.0. The van der Waals surface area contributed by atoms with Crippen molar-refractivity contribution < 1.29 is 18.1 Å². The molecule has 0 radical (unpaired) electrons. The molecule has 0 unspecified atom stereocenters. The number of para-hydroxylation sites is 1.